The largest absolute Gasteiger partial charge is 0.457 e. The molecule has 8 nitrogen and oxygen atoms in total. The van der Waals surface area contributed by atoms with Crippen molar-refractivity contribution >= 4 is 34.1 Å². The number of fused-ring (bicyclic) bond motifs is 5. The molecule has 1 heterocycles. The van der Waals surface area contributed by atoms with Crippen LogP contribution in [0.3, 0.4) is 0 Å². The highest BCUT2D eigenvalue weighted by Gasteiger charge is 2.77. The van der Waals surface area contributed by atoms with Crippen LogP contribution in [0.1, 0.15) is 70.9 Å². The summed E-state index contributed by atoms with van der Waals surface area (Å²) in [5.41, 5.74) is -8.69. The number of ether oxygens (including phenoxy) is 2. The van der Waals surface area contributed by atoms with Gasteiger partial charge in [0.2, 0.25) is 5.76 Å². The average Bonchev–Trinajstić information content (AvgIpc) is 3.59. The molecule has 0 saturated heterocycles. The molecule has 3 saturated carbocycles. The van der Waals surface area contributed by atoms with Gasteiger partial charge in [0.05, 0.1) is 18.8 Å². The van der Waals surface area contributed by atoms with Crippen LogP contribution in [0.2, 0.25) is 0 Å². The van der Waals surface area contributed by atoms with E-state index in [1.807, 2.05) is 0 Å². The Morgan fingerprint density at radius 2 is 1.94 bits per heavy atom. The van der Waals surface area contributed by atoms with Crippen LogP contribution in [0.25, 0.3) is 0 Å². The lowest BCUT2D eigenvalue weighted by molar-refractivity contribution is -0.215. The highest BCUT2D eigenvalue weighted by atomic mass is 32.1. The quantitative estimate of drug-likeness (QED) is 0.148. The van der Waals surface area contributed by atoms with Crippen molar-refractivity contribution in [1.29, 1.82) is 0 Å². The van der Waals surface area contributed by atoms with Gasteiger partial charge in [-0.15, -0.1) is 0 Å². The number of thiol groups is 1. The Kier molecular flexibility index (Phi) is 9.27. The van der Waals surface area contributed by atoms with Gasteiger partial charge in [0.1, 0.15) is 16.9 Å². The van der Waals surface area contributed by atoms with E-state index in [0.29, 0.717) is 0 Å². The Balaban J connectivity index is 1.50. The lowest BCUT2D eigenvalue weighted by atomic mass is 9.44. The number of carbonyl (C=O) groups is 3. The number of carbonyl (C=O) groups excluding carboxylic acids is 3. The Morgan fingerprint density at radius 1 is 1.21 bits per heavy atom. The second kappa shape index (κ2) is 12.4. The van der Waals surface area contributed by atoms with Crippen molar-refractivity contribution in [3.05, 3.63) is 48.0 Å². The van der Waals surface area contributed by atoms with Gasteiger partial charge < -0.3 is 24.1 Å². The first-order valence-corrected chi connectivity index (χ1v) is 16.8. The second-order valence-electron chi connectivity index (χ2n) is 14.1. The molecular formula is C35H41F3O8S. The standard InChI is InChI=1S/C35H41F3O8S/c1-20-15-22-23-17-25(36)24-16-21(39)10-11-32(24,4)34(23,38)27(40)18-33(22,5)35(20,46-29(42)26-9-8-13-44-26)30(43)47-14-7-6-12-45-28(41)19-31(2,3)37/h8-11,13,16,20,22-23,25,27,40,43,47H,12,14-15,17-19H2,1-5H3/t20-,22+,23+,25+,27+,32+,33+,34+,35-/m1/s1. The SMILES string of the molecule is C[C@@H]1C[C@H]2[C@@H]3C[C@H](F)C4=CC(=O)C=C[C@]4(C)[C@@]3(F)[C@@H](O)C[C@]2(C)[C@]1(OC(=O)c1ccco1)C(O)=[SH]CC#CCOC(=O)CC(C)(C)F. The Bertz CT molecular complexity index is 1580. The van der Waals surface area contributed by atoms with E-state index in [4.69, 9.17) is 13.9 Å². The average molecular weight is 679 g/mol. The number of hydrogen-bond donors (Lipinski definition) is 3. The van der Waals surface area contributed by atoms with Crippen molar-refractivity contribution in [2.75, 3.05) is 12.4 Å². The van der Waals surface area contributed by atoms with Gasteiger partial charge in [0, 0.05) is 28.4 Å². The summed E-state index contributed by atoms with van der Waals surface area (Å²) in [6.07, 6.45) is 0.927. The number of aliphatic hydroxyl groups is 2. The van der Waals surface area contributed by atoms with Crippen LogP contribution in [-0.4, -0.2) is 74.6 Å². The number of esters is 2. The molecule has 0 aliphatic heterocycles. The van der Waals surface area contributed by atoms with Crippen LogP contribution >= 0.6 is 11.4 Å². The molecule has 1 aromatic heterocycles. The van der Waals surface area contributed by atoms with Crippen LogP contribution in [0.5, 0.6) is 0 Å². The Hall–Kier alpha value is -3.14. The van der Waals surface area contributed by atoms with Gasteiger partial charge in [-0.1, -0.05) is 31.8 Å². The predicted molar refractivity (Wildman–Crippen MR) is 170 cm³/mol. The first kappa shape index (κ1) is 35.2. The van der Waals surface area contributed by atoms with Gasteiger partial charge in [0.15, 0.2) is 23.7 Å². The molecule has 0 unspecified atom stereocenters. The summed E-state index contributed by atoms with van der Waals surface area (Å²) in [6.45, 7) is 7.22. The highest BCUT2D eigenvalue weighted by molar-refractivity contribution is 7.98. The second-order valence-corrected chi connectivity index (χ2v) is 15.2. The van der Waals surface area contributed by atoms with Crippen LogP contribution in [0, 0.1) is 40.4 Å². The minimum atomic E-state index is -2.35. The van der Waals surface area contributed by atoms with E-state index in [1.165, 1.54) is 51.3 Å². The minimum absolute atomic E-state index is 0.00135. The molecule has 0 bridgehead atoms. The molecule has 12 heteroatoms. The van der Waals surface area contributed by atoms with Gasteiger partial charge in [-0.05, 0) is 75.8 Å². The molecule has 256 valence electrons. The third-order valence-electron chi connectivity index (χ3n) is 10.8. The maximum absolute atomic E-state index is 17.7. The highest BCUT2D eigenvalue weighted by Crippen LogP contribution is 2.71. The van der Waals surface area contributed by atoms with Crippen molar-refractivity contribution in [3.63, 3.8) is 0 Å². The fourth-order valence-electron chi connectivity index (χ4n) is 8.70. The van der Waals surface area contributed by atoms with Crippen molar-refractivity contribution in [1.82, 2.24) is 0 Å². The van der Waals surface area contributed by atoms with Gasteiger partial charge >= 0.3 is 11.9 Å². The maximum Gasteiger partial charge on any atom is 0.375 e. The number of furan rings is 1. The number of hydrogen-bond acceptors (Lipinski definition) is 7. The lowest BCUT2D eigenvalue weighted by Crippen LogP contribution is -2.70. The summed E-state index contributed by atoms with van der Waals surface area (Å²) in [5.74, 6) is 0.975. The molecule has 1 aromatic rings. The molecule has 2 N–H and O–H groups in total. The van der Waals surface area contributed by atoms with Crippen molar-refractivity contribution in [3.8, 4) is 11.8 Å². The van der Waals surface area contributed by atoms with E-state index in [0.717, 1.165) is 6.08 Å². The number of rotatable bonds is 7. The topological polar surface area (TPSA) is 123 Å². The molecular weight excluding hydrogens is 637 g/mol. The smallest absolute Gasteiger partial charge is 0.375 e. The Labute approximate surface area is 275 Å². The number of halogens is 3. The summed E-state index contributed by atoms with van der Waals surface area (Å²) >= 11 is 0.234. The molecule has 0 radical (unpaired) electrons. The predicted octanol–water partition coefficient (Wildman–Crippen LogP) is 5.58. The zero-order valence-corrected chi connectivity index (χ0v) is 27.9. The van der Waals surface area contributed by atoms with Crippen molar-refractivity contribution in [2.24, 2.45) is 28.6 Å². The van der Waals surface area contributed by atoms with E-state index < -0.39 is 81.9 Å². The number of aliphatic hydroxyl groups excluding tert-OH is 2. The zero-order chi connectivity index (χ0) is 34.6. The zero-order valence-electron chi connectivity index (χ0n) is 27.0. The number of alkyl halides is 3. The third kappa shape index (κ3) is 5.72. The fourth-order valence-corrected chi connectivity index (χ4v) is 9.80. The van der Waals surface area contributed by atoms with Gasteiger partial charge in [-0.2, -0.15) is 11.4 Å². The van der Waals surface area contributed by atoms with Gasteiger partial charge in [0.25, 0.3) is 0 Å². The first-order valence-electron chi connectivity index (χ1n) is 15.7. The molecule has 0 amide bonds. The van der Waals surface area contributed by atoms with E-state index >= 15 is 8.78 Å². The summed E-state index contributed by atoms with van der Waals surface area (Å²) in [7, 11) is 0. The molecule has 3 fully saturated rings. The van der Waals surface area contributed by atoms with Crippen LogP contribution in [0.15, 0.2) is 46.6 Å². The maximum atomic E-state index is 17.7. The molecule has 9 atom stereocenters. The molecule has 0 spiro atoms. The van der Waals surface area contributed by atoms with Gasteiger partial charge in [-0.25, -0.2) is 18.0 Å². The van der Waals surface area contributed by atoms with E-state index in [2.05, 4.69) is 11.8 Å². The molecule has 4 aliphatic rings. The normalized spacial score (nSPS) is 38.1. The number of ketones is 1. The van der Waals surface area contributed by atoms with Crippen LogP contribution < -0.4 is 0 Å². The summed E-state index contributed by atoms with van der Waals surface area (Å²) in [5, 5.41) is 23.3. The molecule has 5 rings (SSSR count). The fraction of sp³-hybridized carbons (Fsp3) is 0.600. The summed E-state index contributed by atoms with van der Waals surface area (Å²) in [4.78, 5) is 37.4. The minimum Gasteiger partial charge on any atom is -0.457 e. The lowest BCUT2D eigenvalue weighted by Gasteiger charge is -2.63. The van der Waals surface area contributed by atoms with Gasteiger partial charge in [-0.3, -0.25) is 9.59 Å². The Morgan fingerprint density at radius 3 is 2.60 bits per heavy atom. The molecule has 4 aliphatic carbocycles. The third-order valence-corrected chi connectivity index (χ3v) is 11.7. The van der Waals surface area contributed by atoms with E-state index in [1.54, 1.807) is 13.8 Å². The van der Waals surface area contributed by atoms with Crippen LogP contribution in [-0.2, 0) is 19.1 Å². The summed E-state index contributed by atoms with van der Waals surface area (Å²) < 4.78 is 63.7. The van der Waals surface area contributed by atoms with Crippen molar-refractivity contribution < 1.29 is 51.7 Å². The van der Waals surface area contributed by atoms with E-state index in [-0.39, 0.29) is 59.4 Å². The number of allylic oxidation sites excluding steroid dienone is 4. The molecule has 0 aromatic carbocycles. The molecule has 47 heavy (non-hydrogen) atoms. The van der Waals surface area contributed by atoms with E-state index in [9.17, 15) is 29.0 Å². The monoisotopic (exact) mass is 678 g/mol. The first-order chi connectivity index (χ1) is 21.9. The summed E-state index contributed by atoms with van der Waals surface area (Å²) in [6, 6.07) is 2.91. The van der Waals surface area contributed by atoms with Crippen molar-refractivity contribution in [2.45, 2.75) is 89.5 Å². The van der Waals surface area contributed by atoms with Crippen LogP contribution in [0.4, 0.5) is 13.2 Å².